The van der Waals surface area contributed by atoms with Gasteiger partial charge in [-0.3, -0.25) is 0 Å². The van der Waals surface area contributed by atoms with Crippen LogP contribution < -0.4 is 9.47 Å². The molecule has 0 N–H and O–H groups in total. The van der Waals surface area contributed by atoms with E-state index in [0.717, 1.165) is 30.7 Å². The molecule has 0 atom stereocenters. The van der Waals surface area contributed by atoms with E-state index in [1.165, 1.54) is 5.56 Å². The zero-order valence-electron chi connectivity index (χ0n) is 14.0. The van der Waals surface area contributed by atoms with Crippen molar-refractivity contribution < 1.29 is 9.47 Å². The normalized spacial score (nSPS) is 10.8. The maximum absolute atomic E-state index is 6.13. The predicted molar refractivity (Wildman–Crippen MR) is 95.7 cm³/mol. The molecule has 124 valence electrons. The standard InChI is InChI=1S/C19H24ClNO2/c1-21(2)12-6-7-15-10-11-18(22-3)16(13-15)14-23-19-9-5-4-8-17(19)20/h4-5,8-11,13H,6-7,12,14H2,1-3H3. The highest BCUT2D eigenvalue weighted by Gasteiger charge is 2.07. The van der Waals surface area contributed by atoms with Gasteiger partial charge in [0, 0.05) is 5.56 Å². The monoisotopic (exact) mass is 333 g/mol. The lowest BCUT2D eigenvalue weighted by Gasteiger charge is -2.14. The van der Waals surface area contributed by atoms with Gasteiger partial charge in [-0.25, -0.2) is 0 Å². The van der Waals surface area contributed by atoms with E-state index >= 15 is 0 Å². The summed E-state index contributed by atoms with van der Waals surface area (Å²) < 4.78 is 11.3. The summed E-state index contributed by atoms with van der Waals surface area (Å²) in [7, 11) is 5.87. The van der Waals surface area contributed by atoms with Crippen molar-refractivity contribution in [1.82, 2.24) is 4.90 Å². The fraction of sp³-hybridized carbons (Fsp3) is 0.368. The van der Waals surface area contributed by atoms with Crippen molar-refractivity contribution in [3.63, 3.8) is 0 Å². The number of hydrogen-bond donors (Lipinski definition) is 0. The van der Waals surface area contributed by atoms with Crippen molar-refractivity contribution in [2.45, 2.75) is 19.4 Å². The third-order valence-corrected chi connectivity index (χ3v) is 3.95. The minimum atomic E-state index is 0.439. The first-order valence-corrected chi connectivity index (χ1v) is 8.16. The van der Waals surface area contributed by atoms with Gasteiger partial charge in [-0.1, -0.05) is 29.8 Å². The summed E-state index contributed by atoms with van der Waals surface area (Å²) in [5.74, 6) is 1.53. The van der Waals surface area contributed by atoms with Crippen LogP contribution >= 0.6 is 11.6 Å². The molecule has 0 aliphatic carbocycles. The van der Waals surface area contributed by atoms with E-state index in [-0.39, 0.29) is 0 Å². The smallest absolute Gasteiger partial charge is 0.138 e. The molecule has 2 aromatic rings. The molecule has 0 saturated heterocycles. The molecule has 0 fully saturated rings. The Morgan fingerprint density at radius 2 is 1.83 bits per heavy atom. The van der Waals surface area contributed by atoms with Crippen molar-refractivity contribution in [3.05, 3.63) is 58.6 Å². The molecule has 0 aliphatic rings. The number of hydrogen-bond acceptors (Lipinski definition) is 3. The van der Waals surface area contributed by atoms with Crippen LogP contribution in [0.4, 0.5) is 0 Å². The molecule has 3 nitrogen and oxygen atoms in total. The molecule has 0 amide bonds. The average molecular weight is 334 g/mol. The lowest BCUT2D eigenvalue weighted by Crippen LogP contribution is -2.13. The van der Waals surface area contributed by atoms with Gasteiger partial charge in [-0.15, -0.1) is 0 Å². The largest absolute Gasteiger partial charge is 0.496 e. The molecule has 0 bridgehead atoms. The van der Waals surface area contributed by atoms with E-state index in [2.05, 4.69) is 31.1 Å². The Morgan fingerprint density at radius 3 is 2.52 bits per heavy atom. The van der Waals surface area contributed by atoms with E-state index in [9.17, 15) is 0 Å². The van der Waals surface area contributed by atoms with Crippen LogP contribution in [-0.2, 0) is 13.0 Å². The fourth-order valence-corrected chi connectivity index (χ4v) is 2.61. The van der Waals surface area contributed by atoms with E-state index < -0.39 is 0 Å². The summed E-state index contributed by atoms with van der Waals surface area (Å²) in [6, 6.07) is 13.8. The highest BCUT2D eigenvalue weighted by Crippen LogP contribution is 2.27. The second kappa shape index (κ2) is 8.80. The number of benzene rings is 2. The van der Waals surface area contributed by atoms with Crippen molar-refractivity contribution >= 4 is 11.6 Å². The number of methoxy groups -OCH3 is 1. The molecular formula is C19H24ClNO2. The van der Waals surface area contributed by atoms with Gasteiger partial charge in [0.25, 0.3) is 0 Å². The van der Waals surface area contributed by atoms with Crippen LogP contribution in [0.25, 0.3) is 0 Å². The summed E-state index contributed by atoms with van der Waals surface area (Å²) in [5.41, 5.74) is 2.33. The minimum Gasteiger partial charge on any atom is -0.496 e. The second-order valence-corrected chi connectivity index (χ2v) is 6.18. The average Bonchev–Trinajstić information content (AvgIpc) is 2.54. The third kappa shape index (κ3) is 5.45. The van der Waals surface area contributed by atoms with Crippen LogP contribution in [0.15, 0.2) is 42.5 Å². The van der Waals surface area contributed by atoms with E-state index in [1.807, 2.05) is 30.3 Å². The molecule has 2 aromatic carbocycles. The lowest BCUT2D eigenvalue weighted by molar-refractivity contribution is 0.296. The number of halogens is 1. The van der Waals surface area contributed by atoms with E-state index in [4.69, 9.17) is 21.1 Å². The molecule has 0 aliphatic heterocycles. The van der Waals surface area contributed by atoms with E-state index in [0.29, 0.717) is 17.4 Å². The van der Waals surface area contributed by atoms with Crippen LogP contribution in [-0.4, -0.2) is 32.6 Å². The number of ether oxygens (including phenoxy) is 2. The Bertz CT molecular complexity index is 629. The Labute approximate surface area is 143 Å². The quantitative estimate of drug-likeness (QED) is 0.713. The fourth-order valence-electron chi connectivity index (χ4n) is 2.42. The first-order chi connectivity index (χ1) is 11.1. The van der Waals surface area contributed by atoms with Gasteiger partial charge in [0.05, 0.1) is 12.1 Å². The molecule has 0 spiro atoms. The van der Waals surface area contributed by atoms with Crippen LogP contribution in [0.1, 0.15) is 17.5 Å². The van der Waals surface area contributed by atoms with Gasteiger partial charge in [0.1, 0.15) is 18.1 Å². The van der Waals surface area contributed by atoms with Crippen LogP contribution in [0, 0.1) is 0 Å². The Kier molecular flexibility index (Phi) is 6.75. The van der Waals surface area contributed by atoms with Crippen molar-refractivity contribution in [3.8, 4) is 11.5 Å². The lowest BCUT2D eigenvalue weighted by atomic mass is 10.1. The molecule has 0 heterocycles. The van der Waals surface area contributed by atoms with E-state index in [1.54, 1.807) is 7.11 Å². The molecule has 0 unspecified atom stereocenters. The number of rotatable bonds is 8. The molecule has 0 aromatic heterocycles. The minimum absolute atomic E-state index is 0.439. The predicted octanol–water partition coefficient (Wildman–Crippen LogP) is 4.42. The highest BCUT2D eigenvalue weighted by atomic mass is 35.5. The van der Waals surface area contributed by atoms with Gasteiger partial charge < -0.3 is 14.4 Å². The zero-order chi connectivity index (χ0) is 16.7. The summed E-state index contributed by atoms with van der Waals surface area (Å²) in [6.07, 6.45) is 2.17. The van der Waals surface area contributed by atoms with Gasteiger partial charge in [-0.05, 0) is 63.3 Å². The molecular weight excluding hydrogens is 310 g/mol. The first-order valence-electron chi connectivity index (χ1n) is 7.78. The van der Waals surface area contributed by atoms with Gasteiger partial charge >= 0.3 is 0 Å². The van der Waals surface area contributed by atoms with Gasteiger partial charge in [0.2, 0.25) is 0 Å². The number of nitrogens with zero attached hydrogens (tertiary/aromatic N) is 1. The SMILES string of the molecule is COc1ccc(CCCN(C)C)cc1COc1ccccc1Cl. The molecule has 23 heavy (non-hydrogen) atoms. The zero-order valence-corrected chi connectivity index (χ0v) is 14.8. The molecule has 2 rings (SSSR count). The number of aryl methyl sites for hydroxylation is 1. The van der Waals surface area contributed by atoms with Crippen LogP contribution in [0.2, 0.25) is 5.02 Å². The highest BCUT2D eigenvalue weighted by molar-refractivity contribution is 6.32. The Morgan fingerprint density at radius 1 is 1.04 bits per heavy atom. The van der Waals surface area contributed by atoms with Gasteiger partial charge in [-0.2, -0.15) is 0 Å². The molecule has 0 radical (unpaired) electrons. The van der Waals surface area contributed by atoms with Crippen molar-refractivity contribution in [2.75, 3.05) is 27.7 Å². The summed E-state index contributed by atoms with van der Waals surface area (Å²) in [5, 5.41) is 0.619. The van der Waals surface area contributed by atoms with Crippen LogP contribution in [0.3, 0.4) is 0 Å². The summed E-state index contributed by atoms with van der Waals surface area (Å²) in [6.45, 7) is 1.52. The molecule has 0 saturated carbocycles. The summed E-state index contributed by atoms with van der Waals surface area (Å²) >= 11 is 6.13. The maximum atomic E-state index is 6.13. The second-order valence-electron chi connectivity index (χ2n) is 5.77. The summed E-state index contributed by atoms with van der Waals surface area (Å²) in [4.78, 5) is 2.20. The Hall–Kier alpha value is -1.71. The van der Waals surface area contributed by atoms with Crippen molar-refractivity contribution in [1.29, 1.82) is 0 Å². The van der Waals surface area contributed by atoms with Crippen LogP contribution in [0.5, 0.6) is 11.5 Å². The first kappa shape index (κ1) is 17.6. The number of para-hydroxylation sites is 1. The third-order valence-electron chi connectivity index (χ3n) is 3.64. The molecule has 4 heteroatoms. The van der Waals surface area contributed by atoms with Gasteiger partial charge in [0.15, 0.2) is 0 Å². The van der Waals surface area contributed by atoms with Crippen molar-refractivity contribution in [2.24, 2.45) is 0 Å². The topological polar surface area (TPSA) is 21.7 Å². The maximum Gasteiger partial charge on any atom is 0.138 e. The Balaban J connectivity index is 2.05.